The van der Waals surface area contributed by atoms with Crippen LogP contribution in [0, 0.1) is 17.3 Å². The molecule has 3 fully saturated rings. The van der Waals surface area contributed by atoms with Gasteiger partial charge in [-0.25, -0.2) is 0 Å². The van der Waals surface area contributed by atoms with Crippen molar-refractivity contribution in [3.8, 4) is 0 Å². The van der Waals surface area contributed by atoms with E-state index in [1.54, 1.807) is 34.8 Å². The molecule has 2 atom stereocenters. The summed E-state index contributed by atoms with van der Waals surface area (Å²) in [4.78, 5) is 41.4. The Hall–Kier alpha value is -2.15. The highest BCUT2D eigenvalue weighted by atomic mass is 16.3. The van der Waals surface area contributed by atoms with Gasteiger partial charge in [-0.1, -0.05) is 12.8 Å². The van der Waals surface area contributed by atoms with Crippen LogP contribution in [0.25, 0.3) is 0 Å². The minimum atomic E-state index is -0.521. The molecule has 152 valence electrons. The molecule has 3 aliphatic rings. The molecule has 1 saturated carbocycles. The lowest BCUT2D eigenvalue weighted by Gasteiger charge is -2.27. The maximum absolute atomic E-state index is 12.7. The predicted octanol–water partition coefficient (Wildman–Crippen LogP) is 1.07. The number of hydrogen-bond acceptors (Lipinski definition) is 4. The molecule has 0 spiro atoms. The number of fused-ring (bicyclic) bond motifs is 1. The Kier molecular flexibility index (Phi) is 5.04. The molecule has 4 rings (SSSR count). The van der Waals surface area contributed by atoms with Gasteiger partial charge in [0.25, 0.3) is 11.7 Å². The van der Waals surface area contributed by atoms with Gasteiger partial charge in [-0.2, -0.15) is 0 Å². The molecule has 1 aromatic heterocycles. The fourth-order valence-electron chi connectivity index (χ4n) is 5.29. The minimum Gasteiger partial charge on any atom is -0.396 e. The highest BCUT2D eigenvalue weighted by Crippen LogP contribution is 2.43. The van der Waals surface area contributed by atoms with Crippen LogP contribution < -0.4 is 0 Å². The van der Waals surface area contributed by atoms with Crippen molar-refractivity contribution in [2.75, 3.05) is 32.8 Å². The summed E-state index contributed by atoms with van der Waals surface area (Å²) in [6.45, 7) is 1.71. The van der Waals surface area contributed by atoms with Gasteiger partial charge < -0.3 is 19.5 Å². The largest absolute Gasteiger partial charge is 0.396 e. The molecule has 2 amide bonds. The third kappa shape index (κ3) is 3.26. The molecule has 1 aliphatic carbocycles. The van der Waals surface area contributed by atoms with Gasteiger partial charge in [0.1, 0.15) is 0 Å². The molecule has 2 unspecified atom stereocenters. The number of aromatic nitrogens is 1. The first-order valence-corrected chi connectivity index (χ1v) is 10.3. The number of rotatable bonds is 5. The van der Waals surface area contributed by atoms with Crippen LogP contribution in [0.3, 0.4) is 0 Å². The zero-order valence-corrected chi connectivity index (χ0v) is 16.5. The first-order chi connectivity index (χ1) is 13.4. The molecule has 28 heavy (non-hydrogen) atoms. The third-order valence-electron chi connectivity index (χ3n) is 7.02. The SMILES string of the molecule is Cn1cccc1C(=O)C(=O)N1CC2CN(C(=O)CC3CCCC3)CC2(CO)C1. The van der Waals surface area contributed by atoms with Gasteiger partial charge in [-0.3, -0.25) is 14.4 Å². The molecule has 0 radical (unpaired) electrons. The second-order valence-electron chi connectivity index (χ2n) is 8.87. The van der Waals surface area contributed by atoms with E-state index in [0.717, 1.165) is 12.8 Å². The van der Waals surface area contributed by atoms with E-state index in [4.69, 9.17) is 0 Å². The van der Waals surface area contributed by atoms with Crippen LogP contribution in [0.1, 0.15) is 42.6 Å². The summed E-state index contributed by atoms with van der Waals surface area (Å²) in [7, 11) is 1.74. The van der Waals surface area contributed by atoms with Crippen molar-refractivity contribution >= 4 is 17.6 Å². The molecule has 7 heteroatoms. The zero-order valence-electron chi connectivity index (χ0n) is 16.5. The number of amides is 2. The summed E-state index contributed by atoms with van der Waals surface area (Å²) in [5, 5.41) is 10.1. The first kappa shape index (κ1) is 19.2. The molecule has 2 saturated heterocycles. The quantitative estimate of drug-likeness (QED) is 0.605. The van der Waals surface area contributed by atoms with E-state index in [0.29, 0.717) is 44.2 Å². The van der Waals surface area contributed by atoms with E-state index in [9.17, 15) is 19.5 Å². The van der Waals surface area contributed by atoms with Gasteiger partial charge in [0, 0.05) is 57.2 Å². The number of aliphatic hydroxyl groups is 1. The molecule has 1 aromatic rings. The first-order valence-electron chi connectivity index (χ1n) is 10.3. The maximum Gasteiger partial charge on any atom is 0.296 e. The minimum absolute atomic E-state index is 0.0233. The van der Waals surface area contributed by atoms with E-state index in [1.807, 2.05) is 4.90 Å². The van der Waals surface area contributed by atoms with Crippen molar-refractivity contribution in [3.05, 3.63) is 24.0 Å². The lowest BCUT2D eigenvalue weighted by molar-refractivity contribution is -0.132. The smallest absolute Gasteiger partial charge is 0.296 e. The molecular weight excluding hydrogens is 358 g/mol. The molecule has 3 heterocycles. The van der Waals surface area contributed by atoms with E-state index in [-0.39, 0.29) is 18.4 Å². The van der Waals surface area contributed by atoms with Crippen molar-refractivity contribution in [1.82, 2.24) is 14.4 Å². The zero-order chi connectivity index (χ0) is 19.9. The standard InChI is InChI=1S/C21H29N3O4/c1-22-8-4-7-17(22)19(27)20(28)24-11-16-10-23(12-21(16,13-24)14-25)18(26)9-15-5-2-3-6-15/h4,7-8,15-16,25H,2-3,5-6,9-14H2,1H3. The molecule has 7 nitrogen and oxygen atoms in total. The summed E-state index contributed by atoms with van der Waals surface area (Å²) in [5.74, 6) is -0.344. The van der Waals surface area contributed by atoms with Gasteiger partial charge in [-0.15, -0.1) is 0 Å². The van der Waals surface area contributed by atoms with Crippen LogP contribution in [-0.2, 0) is 16.6 Å². The molecular formula is C21H29N3O4. The Balaban J connectivity index is 1.41. The number of hydrogen-bond donors (Lipinski definition) is 1. The number of ketones is 1. The van der Waals surface area contributed by atoms with Gasteiger partial charge in [0.05, 0.1) is 12.3 Å². The average Bonchev–Trinajstić information content (AvgIpc) is 3.43. The Labute approximate surface area is 165 Å². The molecule has 0 aromatic carbocycles. The number of likely N-dealkylation sites (tertiary alicyclic amines) is 2. The Morgan fingerprint density at radius 2 is 1.82 bits per heavy atom. The Bertz CT molecular complexity index is 782. The topological polar surface area (TPSA) is 82.9 Å². The van der Waals surface area contributed by atoms with Crippen molar-refractivity contribution in [1.29, 1.82) is 0 Å². The summed E-state index contributed by atoms with van der Waals surface area (Å²) in [6, 6.07) is 3.38. The fraction of sp³-hybridized carbons (Fsp3) is 0.667. The second kappa shape index (κ2) is 7.35. The second-order valence-corrected chi connectivity index (χ2v) is 8.87. The summed E-state index contributed by atoms with van der Waals surface area (Å²) in [5.41, 5.74) is -0.136. The molecule has 1 N–H and O–H groups in total. The Morgan fingerprint density at radius 3 is 2.43 bits per heavy atom. The van der Waals surface area contributed by atoms with Crippen LogP contribution >= 0.6 is 0 Å². The number of carbonyl (C=O) groups is 3. The predicted molar refractivity (Wildman–Crippen MR) is 102 cm³/mol. The lowest BCUT2D eigenvalue weighted by atomic mass is 9.82. The monoisotopic (exact) mass is 387 g/mol. The Morgan fingerprint density at radius 1 is 1.14 bits per heavy atom. The van der Waals surface area contributed by atoms with E-state index >= 15 is 0 Å². The van der Waals surface area contributed by atoms with Crippen molar-refractivity contribution in [3.63, 3.8) is 0 Å². The number of Topliss-reactive ketones (excluding diaryl/α,β-unsaturated/α-hetero) is 1. The van der Waals surface area contributed by atoms with Crippen LogP contribution in [0.5, 0.6) is 0 Å². The highest BCUT2D eigenvalue weighted by molar-refractivity contribution is 6.42. The van der Waals surface area contributed by atoms with Crippen LogP contribution in [-0.4, -0.2) is 69.9 Å². The van der Waals surface area contributed by atoms with Gasteiger partial charge in [-0.05, 0) is 30.9 Å². The van der Waals surface area contributed by atoms with Crippen molar-refractivity contribution in [2.45, 2.75) is 32.1 Å². The van der Waals surface area contributed by atoms with Gasteiger partial charge >= 0.3 is 0 Å². The van der Waals surface area contributed by atoms with Crippen molar-refractivity contribution < 1.29 is 19.5 Å². The fourth-order valence-corrected chi connectivity index (χ4v) is 5.29. The average molecular weight is 387 g/mol. The van der Waals surface area contributed by atoms with E-state index < -0.39 is 17.1 Å². The van der Waals surface area contributed by atoms with E-state index in [1.165, 1.54) is 12.8 Å². The summed E-state index contributed by atoms with van der Waals surface area (Å²) >= 11 is 0. The van der Waals surface area contributed by atoms with Crippen LogP contribution in [0.4, 0.5) is 0 Å². The maximum atomic E-state index is 12.7. The molecule has 0 bridgehead atoms. The number of aryl methyl sites for hydroxylation is 1. The number of aliphatic hydroxyl groups excluding tert-OH is 1. The van der Waals surface area contributed by atoms with Gasteiger partial charge in [0.15, 0.2) is 0 Å². The van der Waals surface area contributed by atoms with Crippen molar-refractivity contribution in [2.24, 2.45) is 24.3 Å². The van der Waals surface area contributed by atoms with Crippen LogP contribution in [0.15, 0.2) is 18.3 Å². The van der Waals surface area contributed by atoms with Crippen LogP contribution in [0.2, 0.25) is 0 Å². The van der Waals surface area contributed by atoms with E-state index in [2.05, 4.69) is 0 Å². The molecule has 2 aliphatic heterocycles. The van der Waals surface area contributed by atoms with Gasteiger partial charge in [0.2, 0.25) is 5.91 Å². The number of carbonyl (C=O) groups excluding carboxylic acids is 3. The summed E-state index contributed by atoms with van der Waals surface area (Å²) in [6.07, 6.45) is 7.04. The normalized spacial score (nSPS) is 27.4. The summed E-state index contributed by atoms with van der Waals surface area (Å²) < 4.78 is 1.64. The number of nitrogens with zero attached hydrogens (tertiary/aromatic N) is 3. The highest BCUT2D eigenvalue weighted by Gasteiger charge is 2.54. The third-order valence-corrected chi connectivity index (χ3v) is 7.02. The lowest BCUT2D eigenvalue weighted by Crippen LogP contribution is -2.42.